The van der Waals surface area contributed by atoms with Crippen LogP contribution in [0.3, 0.4) is 0 Å². The van der Waals surface area contributed by atoms with Gasteiger partial charge in [0.05, 0.1) is 13.2 Å². The summed E-state index contributed by atoms with van der Waals surface area (Å²) in [5.41, 5.74) is 0.561. The Kier molecular flexibility index (Phi) is 4.63. The van der Waals surface area contributed by atoms with E-state index in [2.05, 4.69) is 5.16 Å². The first-order chi connectivity index (χ1) is 13.4. The SMILES string of the molecule is Cc1cccc2c(Cn3c(=O)ccn([C@@H]4O[C@H](CO)[C@@H](O)[C@H]4O)c3=O)noc12. The fourth-order valence-electron chi connectivity index (χ4n) is 3.40. The molecule has 1 fully saturated rings. The number of aliphatic hydroxyl groups excluding tert-OH is 3. The highest BCUT2D eigenvalue weighted by molar-refractivity contribution is 5.82. The lowest BCUT2D eigenvalue weighted by Gasteiger charge is -2.18. The number of nitrogens with zero attached hydrogens (tertiary/aromatic N) is 3. The summed E-state index contributed by atoms with van der Waals surface area (Å²) in [7, 11) is 0. The second-order valence-corrected chi connectivity index (χ2v) is 6.74. The molecule has 0 bridgehead atoms. The molecule has 10 heteroatoms. The average Bonchev–Trinajstić information content (AvgIpc) is 3.22. The normalized spacial score (nSPS) is 24.9. The van der Waals surface area contributed by atoms with Crippen LogP contribution in [0, 0.1) is 6.92 Å². The molecular formula is C18H19N3O7. The second kappa shape index (κ2) is 6.99. The van der Waals surface area contributed by atoms with Crippen LogP contribution in [-0.2, 0) is 11.3 Å². The molecule has 1 saturated heterocycles. The van der Waals surface area contributed by atoms with E-state index in [0.29, 0.717) is 16.7 Å². The maximum atomic E-state index is 12.9. The van der Waals surface area contributed by atoms with Crippen molar-refractivity contribution in [1.29, 1.82) is 0 Å². The molecule has 4 rings (SSSR count). The second-order valence-electron chi connectivity index (χ2n) is 6.74. The molecule has 3 N–H and O–H groups in total. The highest BCUT2D eigenvalue weighted by atomic mass is 16.6. The standard InChI is InChI=1S/C18H19N3O7/c1-9-3-2-4-10-11(19-28-16(9)10)7-21-13(23)5-6-20(18(21)26)17-15(25)14(24)12(8-22)27-17/h2-6,12,14-15,17,22,24-25H,7-8H2,1H3/t12-,14-,15-,17-/m1/s1. The molecule has 0 amide bonds. The molecule has 2 aromatic heterocycles. The summed E-state index contributed by atoms with van der Waals surface area (Å²) >= 11 is 0. The van der Waals surface area contributed by atoms with E-state index >= 15 is 0 Å². The van der Waals surface area contributed by atoms with Crippen LogP contribution in [-0.4, -0.2) is 54.5 Å². The molecule has 3 heterocycles. The van der Waals surface area contributed by atoms with Crippen molar-refractivity contribution in [1.82, 2.24) is 14.3 Å². The van der Waals surface area contributed by atoms with Gasteiger partial charge >= 0.3 is 5.69 Å². The lowest BCUT2D eigenvalue weighted by atomic mass is 10.1. The maximum Gasteiger partial charge on any atom is 0.333 e. The maximum absolute atomic E-state index is 12.9. The van der Waals surface area contributed by atoms with Crippen molar-refractivity contribution < 1.29 is 24.6 Å². The zero-order chi connectivity index (χ0) is 20.0. The molecule has 4 atom stereocenters. The highest BCUT2D eigenvalue weighted by Crippen LogP contribution is 2.28. The van der Waals surface area contributed by atoms with Gasteiger partial charge in [-0.15, -0.1) is 0 Å². The Bertz CT molecular complexity index is 1130. The highest BCUT2D eigenvalue weighted by Gasteiger charge is 2.43. The fraction of sp³-hybridized carbons (Fsp3) is 0.389. The van der Waals surface area contributed by atoms with Gasteiger partial charge in [-0.25, -0.2) is 4.79 Å². The van der Waals surface area contributed by atoms with Crippen LogP contribution in [0.5, 0.6) is 0 Å². The van der Waals surface area contributed by atoms with Gasteiger partial charge in [-0.3, -0.25) is 13.9 Å². The summed E-state index contributed by atoms with van der Waals surface area (Å²) in [6.07, 6.45) is -3.87. The topological polar surface area (TPSA) is 140 Å². The molecule has 3 aromatic rings. The van der Waals surface area contributed by atoms with Gasteiger partial charge in [0.25, 0.3) is 5.56 Å². The van der Waals surface area contributed by atoms with Crippen LogP contribution in [0.1, 0.15) is 17.5 Å². The first-order valence-electron chi connectivity index (χ1n) is 8.70. The van der Waals surface area contributed by atoms with Crippen molar-refractivity contribution in [2.75, 3.05) is 6.61 Å². The number of rotatable bonds is 4. The Balaban J connectivity index is 1.75. The van der Waals surface area contributed by atoms with Crippen LogP contribution < -0.4 is 11.2 Å². The van der Waals surface area contributed by atoms with Gasteiger partial charge in [-0.2, -0.15) is 0 Å². The molecule has 10 nitrogen and oxygen atoms in total. The van der Waals surface area contributed by atoms with Crippen LogP contribution in [0.25, 0.3) is 11.0 Å². The minimum Gasteiger partial charge on any atom is -0.394 e. The van der Waals surface area contributed by atoms with Gasteiger partial charge < -0.3 is 24.6 Å². The number of para-hydroxylation sites is 1. The van der Waals surface area contributed by atoms with Crippen LogP contribution in [0.2, 0.25) is 0 Å². The Labute approximate surface area is 157 Å². The molecule has 0 radical (unpaired) electrons. The summed E-state index contributed by atoms with van der Waals surface area (Å²) < 4.78 is 12.7. The van der Waals surface area contributed by atoms with E-state index in [1.165, 1.54) is 6.20 Å². The van der Waals surface area contributed by atoms with Gasteiger partial charge in [0.2, 0.25) is 0 Å². The number of aromatic nitrogens is 3. The smallest absolute Gasteiger partial charge is 0.333 e. The molecule has 0 aliphatic carbocycles. The van der Waals surface area contributed by atoms with E-state index in [-0.39, 0.29) is 6.54 Å². The van der Waals surface area contributed by atoms with E-state index in [0.717, 1.165) is 20.8 Å². The lowest BCUT2D eigenvalue weighted by molar-refractivity contribution is -0.0555. The first-order valence-corrected chi connectivity index (χ1v) is 8.70. The van der Waals surface area contributed by atoms with E-state index < -0.39 is 42.4 Å². The molecule has 1 aromatic carbocycles. The molecular weight excluding hydrogens is 370 g/mol. The Morgan fingerprint density at radius 1 is 1.18 bits per heavy atom. The molecule has 148 valence electrons. The number of fused-ring (bicyclic) bond motifs is 1. The predicted molar refractivity (Wildman–Crippen MR) is 95.8 cm³/mol. The first kappa shape index (κ1) is 18.6. The van der Waals surface area contributed by atoms with Gasteiger partial charge in [-0.1, -0.05) is 17.3 Å². The van der Waals surface area contributed by atoms with Gasteiger partial charge in [0.1, 0.15) is 24.0 Å². The van der Waals surface area contributed by atoms with E-state index in [1.807, 2.05) is 19.1 Å². The van der Waals surface area contributed by atoms with Crippen molar-refractivity contribution >= 4 is 11.0 Å². The third kappa shape index (κ3) is 2.87. The Morgan fingerprint density at radius 2 is 1.96 bits per heavy atom. The van der Waals surface area contributed by atoms with E-state index in [1.54, 1.807) is 6.07 Å². The van der Waals surface area contributed by atoms with Crippen LogP contribution in [0.4, 0.5) is 0 Å². The number of aryl methyl sites for hydroxylation is 1. The van der Waals surface area contributed by atoms with Gasteiger partial charge in [-0.05, 0) is 18.6 Å². The zero-order valence-corrected chi connectivity index (χ0v) is 14.9. The molecule has 28 heavy (non-hydrogen) atoms. The predicted octanol–water partition coefficient (Wildman–Crippen LogP) is -0.881. The van der Waals surface area contributed by atoms with E-state index in [4.69, 9.17) is 9.26 Å². The summed E-state index contributed by atoms with van der Waals surface area (Å²) in [6.45, 7) is 1.21. The number of hydrogen-bond donors (Lipinski definition) is 3. The molecule has 1 aliphatic rings. The van der Waals surface area contributed by atoms with Gasteiger partial charge in [0.15, 0.2) is 11.8 Å². The minimum absolute atomic E-state index is 0.135. The Hall–Kier alpha value is -2.79. The van der Waals surface area contributed by atoms with Crippen LogP contribution >= 0.6 is 0 Å². The molecule has 0 saturated carbocycles. The number of hydrogen-bond acceptors (Lipinski definition) is 8. The Morgan fingerprint density at radius 3 is 2.68 bits per heavy atom. The minimum atomic E-state index is -1.43. The van der Waals surface area contributed by atoms with Crippen LogP contribution in [0.15, 0.2) is 44.6 Å². The van der Waals surface area contributed by atoms with Crippen molar-refractivity contribution in [3.8, 4) is 0 Å². The average molecular weight is 389 g/mol. The number of benzene rings is 1. The zero-order valence-electron chi connectivity index (χ0n) is 14.9. The van der Waals surface area contributed by atoms with Crippen molar-refractivity contribution in [2.24, 2.45) is 0 Å². The third-order valence-electron chi connectivity index (χ3n) is 4.96. The quantitative estimate of drug-likeness (QED) is 0.523. The number of aliphatic hydroxyl groups is 3. The summed E-state index contributed by atoms with van der Waals surface area (Å²) in [5.74, 6) is 0. The van der Waals surface area contributed by atoms with Gasteiger partial charge in [0, 0.05) is 17.6 Å². The largest absolute Gasteiger partial charge is 0.394 e. The summed E-state index contributed by atoms with van der Waals surface area (Å²) in [6, 6.07) is 6.63. The number of ether oxygens (including phenoxy) is 1. The monoisotopic (exact) mass is 389 g/mol. The summed E-state index contributed by atoms with van der Waals surface area (Å²) in [5, 5.41) is 34.0. The molecule has 0 unspecified atom stereocenters. The fourth-order valence-corrected chi connectivity index (χ4v) is 3.40. The van der Waals surface area contributed by atoms with Crippen molar-refractivity contribution in [3.63, 3.8) is 0 Å². The molecule has 0 spiro atoms. The summed E-state index contributed by atoms with van der Waals surface area (Å²) in [4.78, 5) is 25.2. The lowest BCUT2D eigenvalue weighted by Crippen LogP contribution is -2.43. The molecule has 1 aliphatic heterocycles. The van der Waals surface area contributed by atoms with Crippen molar-refractivity contribution in [3.05, 3.63) is 62.6 Å². The van der Waals surface area contributed by atoms with Crippen molar-refractivity contribution in [2.45, 2.75) is 38.0 Å². The van der Waals surface area contributed by atoms with E-state index in [9.17, 15) is 24.9 Å². The third-order valence-corrected chi connectivity index (χ3v) is 4.96.